The van der Waals surface area contributed by atoms with E-state index in [2.05, 4.69) is 56.4 Å². The molecule has 1 aromatic rings. The molecule has 1 fully saturated rings. The lowest BCUT2D eigenvalue weighted by atomic mass is 10.2. The van der Waals surface area contributed by atoms with Crippen molar-refractivity contribution in [2.75, 3.05) is 69.6 Å². The van der Waals surface area contributed by atoms with Crippen molar-refractivity contribution in [3.8, 4) is 0 Å². The van der Waals surface area contributed by atoms with Gasteiger partial charge < -0.3 is 18.4 Å². The Morgan fingerprint density at radius 1 is 0.852 bits per heavy atom. The topological polar surface area (TPSA) is 61.8 Å². The van der Waals surface area contributed by atoms with Crippen LogP contribution >= 0.6 is 0 Å². The van der Waals surface area contributed by atoms with Gasteiger partial charge in [0.05, 0.1) is 74.5 Å². The highest BCUT2D eigenvalue weighted by Gasteiger charge is 2.38. The van der Waals surface area contributed by atoms with Gasteiger partial charge in [0.15, 0.2) is 0 Å². The van der Waals surface area contributed by atoms with Gasteiger partial charge in [-0.05, 0) is 19.1 Å². The lowest BCUT2D eigenvalue weighted by Gasteiger charge is -2.21. The van der Waals surface area contributed by atoms with Crippen molar-refractivity contribution >= 4 is 10.1 Å². The van der Waals surface area contributed by atoms with Gasteiger partial charge in [-0.25, -0.2) is 4.18 Å². The number of nitrogens with zero attached hydrogens (tertiary/aromatic N) is 2. The predicted molar refractivity (Wildman–Crippen MR) is 108 cm³/mol. The molecule has 0 atom stereocenters. The highest BCUT2D eigenvalue weighted by atomic mass is 32.2. The first-order chi connectivity index (χ1) is 11.9. The molecule has 0 saturated carbocycles. The SMILES string of the molecule is C[N+](C)(C)C.C[N+](C)(C)C.Cc1ccc(S(=O)(=O)OC2(C)OCCO2)cc1. The van der Waals surface area contributed by atoms with Crippen LogP contribution in [0.3, 0.4) is 0 Å². The highest BCUT2D eigenvalue weighted by Crippen LogP contribution is 2.26. The number of aryl methyl sites for hydroxylation is 1. The minimum Gasteiger partial charge on any atom is -0.333 e. The third-order valence-electron chi connectivity index (χ3n) is 2.38. The maximum atomic E-state index is 11.9. The van der Waals surface area contributed by atoms with Gasteiger partial charge >= 0.3 is 10.1 Å². The molecular weight excluding hydrogens is 368 g/mol. The summed E-state index contributed by atoms with van der Waals surface area (Å²) in [5.74, 6) is -1.51. The fraction of sp³-hybridized carbons (Fsp3) is 0.684. The first-order valence-electron chi connectivity index (χ1n) is 8.79. The van der Waals surface area contributed by atoms with Crippen molar-refractivity contribution < 1.29 is 31.0 Å². The minimum absolute atomic E-state index is 0.0865. The molecule has 158 valence electrons. The lowest BCUT2D eigenvalue weighted by molar-refractivity contribution is -0.849. The smallest absolute Gasteiger partial charge is 0.301 e. The van der Waals surface area contributed by atoms with Crippen LogP contribution in [0.4, 0.5) is 0 Å². The molecule has 1 saturated heterocycles. The second-order valence-corrected chi connectivity index (χ2v) is 10.8. The molecule has 1 aliphatic rings. The first kappa shape index (κ1) is 26.0. The van der Waals surface area contributed by atoms with Crippen LogP contribution in [-0.2, 0) is 23.8 Å². The summed E-state index contributed by atoms with van der Waals surface area (Å²) in [4.78, 5) is 0.0865. The Bertz CT molecular complexity index is 629. The zero-order chi connectivity index (χ0) is 21.5. The van der Waals surface area contributed by atoms with Crippen molar-refractivity contribution in [3.63, 3.8) is 0 Å². The van der Waals surface area contributed by atoms with Crippen molar-refractivity contribution in [3.05, 3.63) is 29.8 Å². The van der Waals surface area contributed by atoms with E-state index in [4.69, 9.17) is 13.7 Å². The second kappa shape index (κ2) is 9.95. The van der Waals surface area contributed by atoms with Crippen molar-refractivity contribution in [2.45, 2.75) is 24.7 Å². The summed E-state index contributed by atoms with van der Waals surface area (Å²) in [5.41, 5.74) is 0.975. The molecule has 0 radical (unpaired) electrons. The normalized spacial score (nSPS) is 16.7. The fourth-order valence-corrected chi connectivity index (χ4v) is 2.56. The summed E-state index contributed by atoms with van der Waals surface area (Å²) in [7, 11) is 13.1. The molecule has 7 nitrogen and oxygen atoms in total. The van der Waals surface area contributed by atoms with Gasteiger partial charge in [0, 0.05) is 6.92 Å². The fourth-order valence-electron chi connectivity index (χ4n) is 1.50. The van der Waals surface area contributed by atoms with E-state index in [0.717, 1.165) is 14.5 Å². The number of hydrogen-bond acceptors (Lipinski definition) is 5. The zero-order valence-electron chi connectivity index (χ0n) is 18.6. The van der Waals surface area contributed by atoms with Gasteiger partial charge in [0.25, 0.3) is 5.97 Å². The standard InChI is InChI=1S/C11H14O5S.2C4H12N/c1-9-3-5-10(6-4-9)17(12,13)16-11(2)14-7-8-15-11;2*1-5(2,3)4/h3-6H,7-8H2,1-2H3;2*1-4H3/q;2*+1. The number of quaternary nitrogens is 2. The first-order valence-corrected chi connectivity index (χ1v) is 10.2. The molecule has 0 amide bonds. The second-order valence-electron chi connectivity index (χ2n) is 9.28. The third kappa shape index (κ3) is 14.7. The average molecular weight is 407 g/mol. The average Bonchev–Trinajstić information content (AvgIpc) is 2.80. The van der Waals surface area contributed by atoms with E-state index >= 15 is 0 Å². The molecule has 2 rings (SSSR count). The summed E-state index contributed by atoms with van der Waals surface area (Å²) in [6.07, 6.45) is 0. The third-order valence-corrected chi connectivity index (χ3v) is 3.75. The summed E-state index contributed by atoms with van der Waals surface area (Å²) in [6, 6.07) is 6.38. The Balaban J connectivity index is 0.000000563. The van der Waals surface area contributed by atoms with Crippen LogP contribution in [0.25, 0.3) is 0 Å². The molecule has 0 unspecified atom stereocenters. The molecule has 0 aliphatic carbocycles. The van der Waals surface area contributed by atoms with E-state index in [1.54, 1.807) is 12.1 Å². The Morgan fingerprint density at radius 2 is 1.19 bits per heavy atom. The van der Waals surface area contributed by atoms with Gasteiger partial charge in [-0.2, -0.15) is 8.42 Å². The molecular formula is C19H38N2O5S+2. The number of benzene rings is 1. The van der Waals surface area contributed by atoms with Gasteiger partial charge in [-0.3, -0.25) is 0 Å². The van der Waals surface area contributed by atoms with Gasteiger partial charge in [0.1, 0.15) is 0 Å². The lowest BCUT2D eigenvalue weighted by Crippen LogP contribution is -2.32. The summed E-state index contributed by atoms with van der Waals surface area (Å²) in [5, 5.41) is 0. The number of hydrogen-bond donors (Lipinski definition) is 0. The Morgan fingerprint density at radius 3 is 1.52 bits per heavy atom. The Labute approximate surface area is 165 Å². The summed E-state index contributed by atoms with van der Waals surface area (Å²) in [6.45, 7) is 3.95. The van der Waals surface area contributed by atoms with Gasteiger partial charge in [-0.1, -0.05) is 17.7 Å². The van der Waals surface area contributed by atoms with E-state index in [1.165, 1.54) is 19.1 Å². The Kier molecular flexibility index (Phi) is 9.57. The van der Waals surface area contributed by atoms with E-state index in [9.17, 15) is 8.42 Å². The van der Waals surface area contributed by atoms with E-state index in [-0.39, 0.29) is 4.90 Å². The molecule has 8 heteroatoms. The van der Waals surface area contributed by atoms with Crippen LogP contribution in [0, 0.1) is 6.92 Å². The quantitative estimate of drug-likeness (QED) is 0.568. The molecule has 0 N–H and O–H groups in total. The highest BCUT2D eigenvalue weighted by molar-refractivity contribution is 7.86. The molecule has 0 aromatic heterocycles. The van der Waals surface area contributed by atoms with E-state index in [0.29, 0.717) is 13.2 Å². The predicted octanol–water partition coefficient (Wildman–Crippen LogP) is 2.07. The maximum absolute atomic E-state index is 11.9. The summed E-state index contributed by atoms with van der Waals surface area (Å²) < 4.78 is 41.0. The van der Waals surface area contributed by atoms with Crippen LogP contribution in [0.5, 0.6) is 0 Å². The molecule has 1 aromatic carbocycles. The number of ether oxygens (including phenoxy) is 2. The van der Waals surface area contributed by atoms with Crippen molar-refractivity contribution in [1.29, 1.82) is 0 Å². The van der Waals surface area contributed by atoms with Crippen molar-refractivity contribution in [1.82, 2.24) is 0 Å². The molecule has 1 heterocycles. The van der Waals surface area contributed by atoms with Crippen LogP contribution in [0.2, 0.25) is 0 Å². The summed E-state index contributed by atoms with van der Waals surface area (Å²) >= 11 is 0. The van der Waals surface area contributed by atoms with Crippen LogP contribution in [0.15, 0.2) is 29.2 Å². The maximum Gasteiger partial charge on any atom is 0.301 e. The zero-order valence-corrected chi connectivity index (χ0v) is 19.4. The van der Waals surface area contributed by atoms with Crippen LogP contribution in [-0.4, -0.2) is 93.0 Å². The molecule has 0 bridgehead atoms. The van der Waals surface area contributed by atoms with Gasteiger partial charge in [0.2, 0.25) is 0 Å². The largest absolute Gasteiger partial charge is 0.333 e. The van der Waals surface area contributed by atoms with E-state index < -0.39 is 16.1 Å². The van der Waals surface area contributed by atoms with Crippen molar-refractivity contribution in [2.24, 2.45) is 0 Å². The molecule has 0 spiro atoms. The monoisotopic (exact) mass is 406 g/mol. The molecule has 27 heavy (non-hydrogen) atoms. The molecule has 1 aliphatic heterocycles. The minimum atomic E-state index is -3.87. The Hall–Kier alpha value is -1.03. The van der Waals surface area contributed by atoms with Gasteiger partial charge in [-0.15, -0.1) is 0 Å². The van der Waals surface area contributed by atoms with Crippen LogP contribution < -0.4 is 0 Å². The van der Waals surface area contributed by atoms with Crippen LogP contribution in [0.1, 0.15) is 12.5 Å². The number of rotatable bonds is 3. The van der Waals surface area contributed by atoms with E-state index in [1.807, 2.05) is 6.92 Å².